The van der Waals surface area contributed by atoms with Gasteiger partial charge >= 0.3 is 0 Å². The smallest absolute Gasteiger partial charge is 0.246 e. The number of hydrogen-bond acceptors (Lipinski definition) is 4. The molecule has 2 bridgehead atoms. The van der Waals surface area contributed by atoms with Crippen LogP contribution in [0.5, 0.6) is 5.75 Å². The Kier molecular flexibility index (Phi) is 7.22. The van der Waals surface area contributed by atoms with Crippen LogP contribution >= 0.6 is 0 Å². The number of amides is 1. The van der Waals surface area contributed by atoms with Crippen molar-refractivity contribution >= 4 is 12.0 Å². The average molecular weight is 577 g/mol. The summed E-state index contributed by atoms with van der Waals surface area (Å²) in [5.74, 6) is 1.25. The maximum atomic E-state index is 14.0. The van der Waals surface area contributed by atoms with E-state index in [-0.39, 0.29) is 24.1 Å². The Morgan fingerprint density at radius 2 is 1.91 bits per heavy atom. The van der Waals surface area contributed by atoms with Gasteiger partial charge in [-0.15, -0.1) is 0 Å². The summed E-state index contributed by atoms with van der Waals surface area (Å²) in [6.07, 6.45) is 7.45. The largest absolute Gasteiger partial charge is 0.487 e. The van der Waals surface area contributed by atoms with Crippen molar-refractivity contribution in [2.45, 2.75) is 82.1 Å². The number of likely N-dealkylation sites (tertiary alicyclic amines) is 1. The van der Waals surface area contributed by atoms with Gasteiger partial charge in [-0.3, -0.25) is 9.69 Å². The highest BCUT2D eigenvalue weighted by Gasteiger charge is 2.73. The maximum Gasteiger partial charge on any atom is 0.246 e. The second-order valence-corrected chi connectivity index (χ2v) is 13.7. The van der Waals surface area contributed by atoms with Crippen LogP contribution in [0.1, 0.15) is 60.9 Å². The number of hydrogen-bond donors (Lipinski definition) is 1. The first kappa shape index (κ1) is 28.4. The van der Waals surface area contributed by atoms with Crippen LogP contribution < -0.4 is 4.74 Å². The molecule has 0 unspecified atom stereocenters. The molecule has 0 aromatic heterocycles. The van der Waals surface area contributed by atoms with E-state index in [2.05, 4.69) is 91.2 Å². The van der Waals surface area contributed by atoms with E-state index in [1.54, 1.807) is 6.08 Å². The van der Waals surface area contributed by atoms with E-state index in [9.17, 15) is 9.90 Å². The van der Waals surface area contributed by atoms with Crippen molar-refractivity contribution in [2.75, 3.05) is 19.6 Å². The molecule has 5 nitrogen and oxygen atoms in total. The molecule has 4 aliphatic rings. The van der Waals surface area contributed by atoms with Crippen molar-refractivity contribution in [1.29, 1.82) is 0 Å². The standard InChI is InChI=1S/C38H44N2O3/c1-26(2)25-40(34(41)16-15-29-12-7-9-27(3)23-29)31-17-19-38(42)33-24-30-13-8-14-32-35(30)37(38,36(31)43-32)20-22-39(33)21-18-28-10-5-4-6-11-28/h4-16,23,26,31,33,36,42H,17-22,24-25H2,1-3H3/t31-,33-,36+,37+,38-/m1/s1. The first-order valence-electron chi connectivity index (χ1n) is 16.1. The van der Waals surface area contributed by atoms with E-state index in [0.29, 0.717) is 18.9 Å². The van der Waals surface area contributed by atoms with Crippen LogP contribution in [-0.2, 0) is 23.1 Å². The highest BCUT2D eigenvalue weighted by molar-refractivity contribution is 5.92. The van der Waals surface area contributed by atoms with Gasteiger partial charge in [0, 0.05) is 30.8 Å². The first-order valence-corrected chi connectivity index (χ1v) is 16.1. The van der Waals surface area contributed by atoms with E-state index >= 15 is 0 Å². The summed E-state index contributed by atoms with van der Waals surface area (Å²) < 4.78 is 6.92. The predicted molar refractivity (Wildman–Crippen MR) is 171 cm³/mol. The summed E-state index contributed by atoms with van der Waals surface area (Å²) in [5.41, 5.74) is 4.66. The van der Waals surface area contributed by atoms with Crippen molar-refractivity contribution in [1.82, 2.24) is 9.80 Å². The zero-order chi connectivity index (χ0) is 29.8. The molecule has 3 aromatic rings. The predicted octanol–water partition coefficient (Wildman–Crippen LogP) is 5.96. The number of benzene rings is 3. The third kappa shape index (κ3) is 4.63. The van der Waals surface area contributed by atoms with E-state index in [1.807, 2.05) is 18.2 Å². The number of aliphatic hydroxyl groups is 1. The molecule has 1 N–H and O–H groups in total. The second-order valence-electron chi connectivity index (χ2n) is 13.7. The summed E-state index contributed by atoms with van der Waals surface area (Å²) in [4.78, 5) is 18.6. The highest BCUT2D eigenvalue weighted by Crippen LogP contribution is 2.64. The Balaban J connectivity index is 1.23. The van der Waals surface area contributed by atoms with Gasteiger partial charge in [0.15, 0.2) is 0 Å². The molecule has 1 saturated heterocycles. The van der Waals surface area contributed by atoms with E-state index in [1.165, 1.54) is 22.3 Å². The van der Waals surface area contributed by atoms with Crippen LogP contribution in [0.3, 0.4) is 0 Å². The minimum absolute atomic E-state index is 0.0227. The van der Waals surface area contributed by atoms with Gasteiger partial charge in [-0.1, -0.05) is 86.1 Å². The second kappa shape index (κ2) is 10.9. The number of carbonyl (C=O) groups is 1. The quantitative estimate of drug-likeness (QED) is 0.337. The lowest BCUT2D eigenvalue weighted by atomic mass is 9.48. The normalized spacial score (nSPS) is 29.0. The van der Waals surface area contributed by atoms with Gasteiger partial charge in [-0.2, -0.15) is 0 Å². The van der Waals surface area contributed by atoms with Gasteiger partial charge in [0.2, 0.25) is 5.91 Å². The molecule has 5 atom stereocenters. The molecule has 43 heavy (non-hydrogen) atoms. The van der Waals surface area contributed by atoms with Gasteiger partial charge in [0.25, 0.3) is 0 Å². The Hall–Kier alpha value is -3.41. The molecule has 0 radical (unpaired) electrons. The Labute approximate surface area is 256 Å². The number of piperidine rings is 1. The lowest BCUT2D eigenvalue weighted by Gasteiger charge is -2.65. The van der Waals surface area contributed by atoms with Crippen LogP contribution in [0.25, 0.3) is 6.08 Å². The van der Waals surface area contributed by atoms with Crippen molar-refractivity contribution in [3.05, 3.63) is 107 Å². The molecule has 1 spiro atoms. The SMILES string of the molecule is Cc1cccc(C=CC(=O)N(CC(C)C)[C@@H]2CC[C@@]3(O)[C@H]4Cc5cccc6c5[C@@]3(CCN4CCc3ccccc3)[C@H]2O6)c1. The fourth-order valence-corrected chi connectivity index (χ4v) is 8.90. The maximum absolute atomic E-state index is 14.0. The molecular formula is C38H44N2O3. The summed E-state index contributed by atoms with van der Waals surface area (Å²) in [6.45, 7) is 8.93. The molecule has 2 aliphatic carbocycles. The van der Waals surface area contributed by atoms with Crippen molar-refractivity contribution in [3.8, 4) is 5.75 Å². The van der Waals surface area contributed by atoms with E-state index in [4.69, 9.17) is 4.74 Å². The zero-order valence-electron chi connectivity index (χ0n) is 25.7. The monoisotopic (exact) mass is 576 g/mol. The number of nitrogens with zero attached hydrogens (tertiary/aromatic N) is 2. The average Bonchev–Trinajstić information content (AvgIpc) is 3.34. The summed E-state index contributed by atoms with van der Waals surface area (Å²) in [5, 5.41) is 12.9. The third-order valence-electron chi connectivity index (χ3n) is 10.7. The van der Waals surface area contributed by atoms with Gasteiger partial charge in [0.1, 0.15) is 11.9 Å². The third-order valence-corrected chi connectivity index (χ3v) is 10.7. The van der Waals surface area contributed by atoms with E-state index in [0.717, 1.165) is 50.1 Å². The fraction of sp³-hybridized carbons (Fsp3) is 0.447. The van der Waals surface area contributed by atoms with Crippen molar-refractivity contribution < 1.29 is 14.6 Å². The zero-order valence-corrected chi connectivity index (χ0v) is 25.7. The molecule has 2 heterocycles. The van der Waals surface area contributed by atoms with Crippen molar-refractivity contribution in [2.24, 2.45) is 5.92 Å². The minimum Gasteiger partial charge on any atom is -0.487 e. The molecule has 5 heteroatoms. The van der Waals surface area contributed by atoms with Gasteiger partial charge in [0.05, 0.1) is 17.1 Å². The van der Waals surface area contributed by atoms with Crippen LogP contribution in [-0.4, -0.2) is 64.2 Å². The van der Waals surface area contributed by atoms with Crippen LogP contribution in [0.2, 0.25) is 0 Å². The number of aryl methyl sites for hydroxylation is 1. The number of ether oxygens (including phenoxy) is 1. The van der Waals surface area contributed by atoms with Crippen LogP contribution in [0, 0.1) is 12.8 Å². The fourth-order valence-electron chi connectivity index (χ4n) is 8.90. The molecular weight excluding hydrogens is 532 g/mol. The lowest BCUT2D eigenvalue weighted by molar-refractivity contribution is -0.201. The summed E-state index contributed by atoms with van der Waals surface area (Å²) in [7, 11) is 0. The lowest BCUT2D eigenvalue weighted by Crippen LogP contribution is -2.78. The molecule has 2 aliphatic heterocycles. The molecule has 1 saturated carbocycles. The van der Waals surface area contributed by atoms with Crippen LogP contribution in [0.4, 0.5) is 0 Å². The van der Waals surface area contributed by atoms with E-state index < -0.39 is 11.0 Å². The Morgan fingerprint density at radius 3 is 2.70 bits per heavy atom. The molecule has 224 valence electrons. The minimum atomic E-state index is -0.896. The van der Waals surface area contributed by atoms with Gasteiger partial charge in [-0.05, 0) is 80.3 Å². The van der Waals surface area contributed by atoms with Gasteiger partial charge in [-0.25, -0.2) is 0 Å². The van der Waals surface area contributed by atoms with Crippen LogP contribution in [0.15, 0.2) is 78.9 Å². The van der Waals surface area contributed by atoms with Crippen molar-refractivity contribution in [3.63, 3.8) is 0 Å². The number of rotatable bonds is 8. The highest BCUT2D eigenvalue weighted by atomic mass is 16.5. The Bertz CT molecular complexity index is 1530. The molecule has 3 aromatic carbocycles. The molecule has 1 amide bonds. The molecule has 2 fully saturated rings. The number of carbonyl (C=O) groups excluding carboxylic acids is 1. The summed E-state index contributed by atoms with van der Waals surface area (Å²) in [6, 6.07) is 25.3. The topological polar surface area (TPSA) is 53.0 Å². The summed E-state index contributed by atoms with van der Waals surface area (Å²) >= 11 is 0. The molecule has 7 rings (SSSR count). The first-order chi connectivity index (χ1) is 20.8. The van der Waals surface area contributed by atoms with Gasteiger partial charge < -0.3 is 14.7 Å². The Morgan fingerprint density at radius 1 is 1.09 bits per heavy atom.